The molecule has 144 valence electrons. The van der Waals surface area contributed by atoms with Crippen molar-refractivity contribution in [3.8, 4) is 5.88 Å². The number of morpholine rings is 1. The highest BCUT2D eigenvalue weighted by Crippen LogP contribution is 2.19. The Morgan fingerprint density at radius 3 is 3.00 bits per heavy atom. The molecule has 1 atom stereocenters. The maximum atomic E-state index is 13.6. The molecule has 1 fully saturated rings. The van der Waals surface area contributed by atoms with Crippen LogP contribution in [-0.2, 0) is 16.1 Å². The van der Waals surface area contributed by atoms with E-state index >= 15 is 0 Å². The number of rotatable bonds is 7. The van der Waals surface area contributed by atoms with Gasteiger partial charge < -0.3 is 19.1 Å². The van der Waals surface area contributed by atoms with Crippen LogP contribution in [0.3, 0.4) is 0 Å². The van der Waals surface area contributed by atoms with Gasteiger partial charge in [-0.3, -0.25) is 4.79 Å². The number of amides is 1. The summed E-state index contributed by atoms with van der Waals surface area (Å²) < 4.78 is 30.4. The molecule has 6 nitrogen and oxygen atoms in total. The van der Waals surface area contributed by atoms with E-state index in [1.165, 1.54) is 6.07 Å². The monoisotopic (exact) mass is 374 g/mol. The molecule has 1 unspecified atom stereocenters. The van der Waals surface area contributed by atoms with Crippen molar-refractivity contribution in [2.45, 2.75) is 19.6 Å². The van der Waals surface area contributed by atoms with Crippen LogP contribution in [0.15, 0.2) is 42.6 Å². The molecule has 0 N–H and O–H groups in total. The molecule has 1 aliphatic rings. The van der Waals surface area contributed by atoms with Crippen LogP contribution in [0.1, 0.15) is 22.8 Å². The number of benzene rings is 1. The predicted molar refractivity (Wildman–Crippen MR) is 97.1 cm³/mol. The first kappa shape index (κ1) is 19.3. The summed E-state index contributed by atoms with van der Waals surface area (Å²) in [6.45, 7) is 4.04. The average molecular weight is 374 g/mol. The van der Waals surface area contributed by atoms with E-state index in [-0.39, 0.29) is 31.0 Å². The van der Waals surface area contributed by atoms with Crippen molar-refractivity contribution < 1.29 is 23.4 Å². The Hall–Kier alpha value is -2.51. The van der Waals surface area contributed by atoms with Gasteiger partial charge in [-0.15, -0.1) is 0 Å². The molecule has 0 spiro atoms. The Bertz CT molecular complexity index is 771. The number of carbonyl (C=O) groups is 1. The van der Waals surface area contributed by atoms with Crippen LogP contribution in [-0.4, -0.2) is 54.8 Å². The fraction of sp³-hybridized carbons (Fsp3) is 0.400. The lowest BCUT2D eigenvalue weighted by Crippen LogP contribution is -2.47. The van der Waals surface area contributed by atoms with E-state index in [4.69, 9.17) is 14.2 Å². The summed E-state index contributed by atoms with van der Waals surface area (Å²) in [4.78, 5) is 18.7. The fourth-order valence-electron chi connectivity index (χ4n) is 2.90. The molecule has 0 bridgehead atoms. The molecule has 1 amide bonds. The van der Waals surface area contributed by atoms with Crippen molar-refractivity contribution >= 4 is 5.91 Å². The Labute approximate surface area is 157 Å². The summed E-state index contributed by atoms with van der Waals surface area (Å²) >= 11 is 0. The van der Waals surface area contributed by atoms with E-state index in [2.05, 4.69) is 4.98 Å². The number of aromatic nitrogens is 1. The lowest BCUT2D eigenvalue weighted by Gasteiger charge is -2.33. The van der Waals surface area contributed by atoms with E-state index in [0.717, 1.165) is 0 Å². The van der Waals surface area contributed by atoms with Crippen molar-refractivity contribution in [3.05, 3.63) is 59.5 Å². The number of hydrogen-bond acceptors (Lipinski definition) is 5. The van der Waals surface area contributed by atoms with Gasteiger partial charge in [-0.05, 0) is 25.1 Å². The minimum absolute atomic E-state index is 0.144. The summed E-state index contributed by atoms with van der Waals surface area (Å²) in [6, 6.07) is 9.92. The highest BCUT2D eigenvalue weighted by Gasteiger charge is 2.27. The van der Waals surface area contributed by atoms with Gasteiger partial charge in [-0.2, -0.15) is 0 Å². The second-order valence-electron chi connectivity index (χ2n) is 6.14. The topological polar surface area (TPSA) is 60.9 Å². The molecule has 1 aliphatic heterocycles. The second-order valence-corrected chi connectivity index (χ2v) is 6.14. The minimum Gasteiger partial charge on any atom is -0.477 e. The van der Waals surface area contributed by atoms with Gasteiger partial charge in [0.15, 0.2) is 0 Å². The lowest BCUT2D eigenvalue weighted by atomic mass is 10.2. The number of hydrogen-bond donors (Lipinski definition) is 0. The molecule has 0 saturated carbocycles. The zero-order chi connectivity index (χ0) is 19.1. The van der Waals surface area contributed by atoms with Gasteiger partial charge in [0.2, 0.25) is 5.88 Å². The zero-order valence-corrected chi connectivity index (χ0v) is 15.3. The first-order valence-electron chi connectivity index (χ1n) is 8.99. The van der Waals surface area contributed by atoms with Crippen molar-refractivity contribution in [2.24, 2.45) is 0 Å². The van der Waals surface area contributed by atoms with Crippen molar-refractivity contribution in [2.75, 3.05) is 32.9 Å². The predicted octanol–water partition coefficient (Wildman–Crippen LogP) is 2.68. The maximum absolute atomic E-state index is 13.6. The zero-order valence-electron chi connectivity index (χ0n) is 15.3. The van der Waals surface area contributed by atoms with Crippen LogP contribution >= 0.6 is 0 Å². The lowest BCUT2D eigenvalue weighted by molar-refractivity contribution is -0.0650. The fourth-order valence-corrected chi connectivity index (χ4v) is 2.90. The Kier molecular flexibility index (Phi) is 6.73. The summed E-state index contributed by atoms with van der Waals surface area (Å²) in [5.74, 6) is -0.100. The van der Waals surface area contributed by atoms with E-state index in [1.54, 1.807) is 41.4 Å². The third-order valence-corrected chi connectivity index (χ3v) is 4.23. The summed E-state index contributed by atoms with van der Waals surface area (Å²) in [5, 5.41) is 0. The number of ether oxygens (including phenoxy) is 3. The second kappa shape index (κ2) is 9.43. The molecular formula is C20H23FN2O4. The van der Waals surface area contributed by atoms with E-state index in [9.17, 15) is 9.18 Å². The Morgan fingerprint density at radius 1 is 1.33 bits per heavy atom. The quantitative estimate of drug-likeness (QED) is 0.746. The van der Waals surface area contributed by atoms with Crippen LogP contribution in [0.4, 0.5) is 4.39 Å². The van der Waals surface area contributed by atoms with Crippen molar-refractivity contribution in [1.29, 1.82) is 0 Å². The van der Waals surface area contributed by atoms with Crippen LogP contribution in [0, 0.1) is 5.82 Å². The number of nitrogens with zero attached hydrogens (tertiary/aromatic N) is 2. The molecule has 0 radical (unpaired) electrons. The highest BCUT2D eigenvalue weighted by molar-refractivity contribution is 5.96. The van der Waals surface area contributed by atoms with Crippen LogP contribution < -0.4 is 4.74 Å². The van der Waals surface area contributed by atoms with Gasteiger partial charge in [-0.1, -0.05) is 18.2 Å². The van der Waals surface area contributed by atoms with Crippen LogP contribution in [0.25, 0.3) is 0 Å². The molecule has 2 heterocycles. The van der Waals surface area contributed by atoms with Crippen LogP contribution in [0.2, 0.25) is 0 Å². The van der Waals surface area contributed by atoms with Gasteiger partial charge in [0.05, 0.1) is 32.5 Å². The van der Waals surface area contributed by atoms with Gasteiger partial charge in [0.25, 0.3) is 5.91 Å². The molecule has 1 aromatic heterocycles. The molecule has 0 aliphatic carbocycles. The van der Waals surface area contributed by atoms with E-state index < -0.39 is 0 Å². The average Bonchev–Trinajstić information content (AvgIpc) is 2.70. The third kappa shape index (κ3) is 5.02. The van der Waals surface area contributed by atoms with Crippen molar-refractivity contribution in [1.82, 2.24) is 9.88 Å². The molecule has 1 aromatic carbocycles. The molecule has 27 heavy (non-hydrogen) atoms. The number of carbonyl (C=O) groups excluding carboxylic acids is 1. The number of halogens is 1. The van der Waals surface area contributed by atoms with Crippen molar-refractivity contribution in [3.63, 3.8) is 0 Å². The smallest absolute Gasteiger partial charge is 0.259 e. The first-order valence-corrected chi connectivity index (χ1v) is 8.99. The van der Waals surface area contributed by atoms with Gasteiger partial charge in [-0.25, -0.2) is 9.37 Å². The molecule has 7 heteroatoms. The third-order valence-electron chi connectivity index (χ3n) is 4.23. The molecule has 1 saturated heterocycles. The molecular weight excluding hydrogens is 351 g/mol. The molecule has 3 rings (SSSR count). The van der Waals surface area contributed by atoms with Gasteiger partial charge >= 0.3 is 0 Å². The SMILES string of the molecule is CCOc1ncccc1C(=O)N1CCOC(COCc2ccccc2F)C1. The first-order chi connectivity index (χ1) is 13.2. The standard InChI is InChI=1S/C20H23FN2O4/c1-2-26-19-17(7-5-9-22-19)20(24)23-10-11-27-16(12-23)14-25-13-15-6-3-4-8-18(15)21/h3-9,16H,2,10-14H2,1H3. The largest absolute Gasteiger partial charge is 0.477 e. The van der Waals surface area contributed by atoms with E-state index in [0.29, 0.717) is 43.3 Å². The summed E-state index contributed by atoms with van der Waals surface area (Å²) in [6.07, 6.45) is 1.34. The molecule has 2 aromatic rings. The van der Waals surface area contributed by atoms with Gasteiger partial charge in [0, 0.05) is 24.8 Å². The number of pyridine rings is 1. The Balaban J connectivity index is 1.56. The van der Waals surface area contributed by atoms with Gasteiger partial charge in [0.1, 0.15) is 11.4 Å². The minimum atomic E-state index is -0.293. The normalized spacial score (nSPS) is 17.0. The highest BCUT2D eigenvalue weighted by atomic mass is 19.1. The Morgan fingerprint density at radius 2 is 2.19 bits per heavy atom. The summed E-state index contributed by atoms with van der Waals surface area (Å²) in [5.41, 5.74) is 0.935. The summed E-state index contributed by atoms with van der Waals surface area (Å²) in [7, 11) is 0. The van der Waals surface area contributed by atoms with Crippen LogP contribution in [0.5, 0.6) is 5.88 Å². The maximum Gasteiger partial charge on any atom is 0.259 e. The van der Waals surface area contributed by atoms with E-state index in [1.807, 2.05) is 6.92 Å².